The lowest BCUT2D eigenvalue weighted by molar-refractivity contribution is 0.381. The highest BCUT2D eigenvalue weighted by atomic mass is 15.1. The second kappa shape index (κ2) is 13.5. The number of para-hydroxylation sites is 2. The summed E-state index contributed by atoms with van der Waals surface area (Å²) in [4.78, 5) is 5.22. The average molecular weight is 731 g/mol. The molecule has 1 aromatic heterocycles. The van der Waals surface area contributed by atoms with Crippen molar-refractivity contribution in [3.05, 3.63) is 182 Å². The summed E-state index contributed by atoms with van der Waals surface area (Å²) in [6, 6.07) is 64.9. The molecule has 0 saturated carbocycles. The molecule has 0 amide bonds. The van der Waals surface area contributed by atoms with Gasteiger partial charge in [-0.15, -0.1) is 0 Å². The third kappa shape index (κ3) is 5.67. The average Bonchev–Trinajstić information content (AvgIpc) is 3.66. The summed E-state index contributed by atoms with van der Waals surface area (Å²) in [5.74, 6) is 2.34. The van der Waals surface area contributed by atoms with Crippen molar-refractivity contribution < 1.29 is 0 Å². The summed E-state index contributed by atoms with van der Waals surface area (Å²) in [6.07, 6.45) is 4.59. The van der Waals surface area contributed by atoms with Crippen molar-refractivity contribution in [3.63, 3.8) is 0 Å². The van der Waals surface area contributed by atoms with Gasteiger partial charge in [0.25, 0.3) is 0 Å². The van der Waals surface area contributed by atoms with Gasteiger partial charge in [0.05, 0.1) is 11.0 Å². The lowest BCUT2D eigenvalue weighted by Crippen LogP contribution is -2.15. The van der Waals surface area contributed by atoms with E-state index in [9.17, 15) is 0 Å². The smallest absolute Gasteiger partial charge is 0.145 e. The Morgan fingerprint density at radius 1 is 0.439 bits per heavy atom. The highest BCUT2D eigenvalue weighted by molar-refractivity contribution is 6.22. The Bertz CT molecular complexity index is 3220. The maximum atomic E-state index is 5.22. The molecule has 9 aromatic carbocycles. The molecule has 0 saturated heterocycles. The Kier molecular flexibility index (Phi) is 7.93. The van der Waals surface area contributed by atoms with E-state index in [2.05, 4.69) is 200 Å². The van der Waals surface area contributed by atoms with Crippen molar-refractivity contribution in [2.45, 2.75) is 26.7 Å². The molecule has 0 radical (unpaired) electrons. The first-order chi connectivity index (χ1) is 28.1. The molecule has 1 heterocycles. The van der Waals surface area contributed by atoms with Crippen LogP contribution in [0.5, 0.6) is 0 Å². The number of imidazole rings is 1. The minimum absolute atomic E-state index is 0.632. The molecule has 0 bridgehead atoms. The van der Waals surface area contributed by atoms with Crippen LogP contribution in [0.4, 0.5) is 0 Å². The maximum absolute atomic E-state index is 5.22. The van der Waals surface area contributed by atoms with E-state index in [1.807, 2.05) is 0 Å². The molecule has 0 spiro atoms. The van der Waals surface area contributed by atoms with Crippen molar-refractivity contribution in [2.75, 3.05) is 0 Å². The molecule has 0 N–H and O–H groups in total. The van der Waals surface area contributed by atoms with Gasteiger partial charge in [0.15, 0.2) is 0 Å². The van der Waals surface area contributed by atoms with Crippen molar-refractivity contribution in [1.29, 1.82) is 0 Å². The molecule has 1 aliphatic carbocycles. The molecule has 2 unspecified atom stereocenters. The first-order valence-corrected chi connectivity index (χ1v) is 20.3. The van der Waals surface area contributed by atoms with Gasteiger partial charge in [0, 0.05) is 11.3 Å². The molecule has 2 heteroatoms. The van der Waals surface area contributed by atoms with E-state index in [4.69, 9.17) is 4.98 Å². The summed E-state index contributed by atoms with van der Waals surface area (Å²) in [7, 11) is 0. The Balaban J connectivity index is 1.10. The highest BCUT2D eigenvalue weighted by Gasteiger charge is 2.24. The molecule has 2 atom stereocenters. The van der Waals surface area contributed by atoms with E-state index in [-0.39, 0.29) is 0 Å². The van der Waals surface area contributed by atoms with Crippen molar-refractivity contribution in [2.24, 2.45) is 11.8 Å². The van der Waals surface area contributed by atoms with E-state index in [1.54, 1.807) is 0 Å². The van der Waals surface area contributed by atoms with Crippen LogP contribution in [0.2, 0.25) is 0 Å². The quantitative estimate of drug-likeness (QED) is 0.161. The van der Waals surface area contributed by atoms with Gasteiger partial charge in [-0.1, -0.05) is 166 Å². The third-order valence-corrected chi connectivity index (χ3v) is 12.7. The van der Waals surface area contributed by atoms with Gasteiger partial charge in [-0.25, -0.2) is 4.98 Å². The SMILES string of the molecule is CC1CC=C(n2c(-c3ccc(-c4ccc5c(-c6ccc7ccccc7c6)c6ccccc6c(-c6ccc7ccccc7c6)c5c4)cc3)nc3ccccc32)CC1C. The minimum atomic E-state index is 0.632. The molecule has 1 aliphatic rings. The highest BCUT2D eigenvalue weighted by Crippen LogP contribution is 2.46. The van der Waals surface area contributed by atoms with Gasteiger partial charge in [0.1, 0.15) is 5.82 Å². The van der Waals surface area contributed by atoms with E-state index >= 15 is 0 Å². The second-order valence-electron chi connectivity index (χ2n) is 16.1. The first kappa shape index (κ1) is 33.6. The fourth-order valence-corrected chi connectivity index (χ4v) is 9.34. The lowest BCUT2D eigenvalue weighted by atomic mass is 9.84. The van der Waals surface area contributed by atoms with Gasteiger partial charge in [-0.3, -0.25) is 4.57 Å². The lowest BCUT2D eigenvalue weighted by Gasteiger charge is -2.27. The summed E-state index contributed by atoms with van der Waals surface area (Å²) in [6.45, 7) is 4.75. The Morgan fingerprint density at radius 3 is 1.63 bits per heavy atom. The molecule has 10 aromatic rings. The molecule has 2 nitrogen and oxygen atoms in total. The van der Waals surface area contributed by atoms with Crippen LogP contribution in [0.1, 0.15) is 26.7 Å². The number of benzene rings is 9. The van der Waals surface area contributed by atoms with Crippen molar-refractivity contribution >= 4 is 59.8 Å². The Labute approximate surface area is 333 Å². The van der Waals surface area contributed by atoms with Crippen LogP contribution in [0, 0.1) is 11.8 Å². The standard InChI is InChI=1S/C55H42N2/c1-35-19-29-46(31-36(35)2)57-52-18-10-9-17-51(52)56-55(57)40-24-20-39(21-25-40)43-28-30-49-50(34-43)54(45-27-23-38-12-4-6-14-42(38)33-45)48-16-8-7-15-47(48)53(49)44-26-22-37-11-3-5-13-41(37)32-44/h3-18,20-30,32-36H,19,31H2,1-2H3. The van der Waals surface area contributed by atoms with Crippen LogP contribution < -0.4 is 0 Å². The Morgan fingerprint density at radius 2 is 0.965 bits per heavy atom. The number of allylic oxidation sites excluding steroid dienone is 2. The number of hydrogen-bond acceptors (Lipinski definition) is 1. The van der Waals surface area contributed by atoms with E-state index in [1.165, 1.54) is 87.7 Å². The van der Waals surface area contributed by atoms with Gasteiger partial charge in [-0.05, 0) is 131 Å². The predicted octanol–water partition coefficient (Wildman–Crippen LogP) is 15.2. The number of nitrogens with zero attached hydrogens (tertiary/aromatic N) is 2. The van der Waals surface area contributed by atoms with Crippen LogP contribution in [0.15, 0.2) is 182 Å². The van der Waals surface area contributed by atoms with Crippen LogP contribution in [0.3, 0.4) is 0 Å². The van der Waals surface area contributed by atoms with Gasteiger partial charge >= 0.3 is 0 Å². The molecule has 57 heavy (non-hydrogen) atoms. The van der Waals surface area contributed by atoms with Crippen LogP contribution in [-0.2, 0) is 0 Å². The van der Waals surface area contributed by atoms with Crippen LogP contribution in [0.25, 0.3) is 105 Å². The zero-order valence-corrected chi connectivity index (χ0v) is 32.3. The van der Waals surface area contributed by atoms with E-state index in [0.29, 0.717) is 11.8 Å². The van der Waals surface area contributed by atoms with Gasteiger partial charge < -0.3 is 0 Å². The molecule has 272 valence electrons. The summed E-state index contributed by atoms with van der Waals surface area (Å²) < 4.78 is 2.41. The van der Waals surface area contributed by atoms with Crippen LogP contribution >= 0.6 is 0 Å². The fraction of sp³-hybridized carbons (Fsp3) is 0.109. The number of fused-ring (bicyclic) bond motifs is 5. The number of hydrogen-bond donors (Lipinski definition) is 0. The minimum Gasteiger partial charge on any atom is -0.296 e. The van der Waals surface area contributed by atoms with Gasteiger partial charge in [-0.2, -0.15) is 0 Å². The largest absolute Gasteiger partial charge is 0.296 e. The van der Waals surface area contributed by atoms with Crippen molar-refractivity contribution in [1.82, 2.24) is 9.55 Å². The maximum Gasteiger partial charge on any atom is 0.145 e. The molecule has 11 rings (SSSR count). The first-order valence-electron chi connectivity index (χ1n) is 20.3. The normalized spacial score (nSPS) is 15.9. The van der Waals surface area contributed by atoms with E-state index < -0.39 is 0 Å². The molecule has 0 aliphatic heterocycles. The Hall–Kier alpha value is -6.77. The predicted molar refractivity (Wildman–Crippen MR) is 243 cm³/mol. The number of rotatable bonds is 5. The zero-order chi connectivity index (χ0) is 38.0. The molecule has 0 fully saturated rings. The number of aromatic nitrogens is 2. The van der Waals surface area contributed by atoms with Gasteiger partial charge in [0.2, 0.25) is 0 Å². The summed E-state index contributed by atoms with van der Waals surface area (Å²) in [5, 5.41) is 10.0. The van der Waals surface area contributed by atoms with E-state index in [0.717, 1.165) is 29.7 Å². The fourth-order valence-electron chi connectivity index (χ4n) is 9.34. The zero-order valence-electron chi connectivity index (χ0n) is 32.3. The monoisotopic (exact) mass is 730 g/mol. The molecular formula is C55H42N2. The topological polar surface area (TPSA) is 17.8 Å². The third-order valence-electron chi connectivity index (χ3n) is 12.7. The van der Waals surface area contributed by atoms with Crippen molar-refractivity contribution in [3.8, 4) is 44.8 Å². The molecular weight excluding hydrogens is 689 g/mol. The summed E-state index contributed by atoms with van der Waals surface area (Å²) in [5.41, 5.74) is 12.1. The summed E-state index contributed by atoms with van der Waals surface area (Å²) >= 11 is 0. The van der Waals surface area contributed by atoms with Crippen LogP contribution in [-0.4, -0.2) is 9.55 Å². The second-order valence-corrected chi connectivity index (χ2v) is 16.1.